The van der Waals surface area contributed by atoms with E-state index in [1.807, 2.05) is 48.5 Å². The molecule has 4 aromatic carbocycles. The molecule has 0 heterocycles. The topological polar surface area (TPSA) is 21.3 Å². The standard InChI is InChI=1S/C24H18BrClFNO/c25-17-9-11-18(12-10-17)28-14-20-19-5-2-1-4-16(19)8-13-24(20)29-15-21-22(26)6-3-7-23(21)27/h1-13,28H,14-15H2. The van der Waals surface area contributed by atoms with Gasteiger partial charge in [0, 0.05) is 27.8 Å². The minimum atomic E-state index is -0.368. The molecule has 0 amide bonds. The Morgan fingerprint density at radius 2 is 1.66 bits per heavy atom. The molecule has 1 N–H and O–H groups in total. The average Bonchev–Trinajstić information content (AvgIpc) is 2.73. The molecule has 0 aliphatic heterocycles. The summed E-state index contributed by atoms with van der Waals surface area (Å²) in [5.74, 6) is 0.334. The van der Waals surface area contributed by atoms with Gasteiger partial charge in [-0.25, -0.2) is 4.39 Å². The van der Waals surface area contributed by atoms with Gasteiger partial charge < -0.3 is 10.1 Å². The third-order valence-electron chi connectivity index (χ3n) is 4.74. The van der Waals surface area contributed by atoms with Gasteiger partial charge in [-0.1, -0.05) is 63.9 Å². The van der Waals surface area contributed by atoms with Crippen LogP contribution in [0.3, 0.4) is 0 Å². The third kappa shape index (κ3) is 4.55. The van der Waals surface area contributed by atoms with Crippen molar-refractivity contribution in [3.8, 4) is 5.75 Å². The van der Waals surface area contributed by atoms with Gasteiger partial charge in [-0.15, -0.1) is 0 Å². The van der Waals surface area contributed by atoms with Crippen molar-refractivity contribution in [2.75, 3.05) is 5.32 Å². The number of nitrogens with one attached hydrogen (secondary N) is 1. The van der Waals surface area contributed by atoms with Crippen molar-refractivity contribution < 1.29 is 9.13 Å². The van der Waals surface area contributed by atoms with Crippen LogP contribution in [0.4, 0.5) is 10.1 Å². The largest absolute Gasteiger partial charge is 0.488 e. The summed E-state index contributed by atoms with van der Waals surface area (Å²) < 4.78 is 21.2. The van der Waals surface area contributed by atoms with Crippen LogP contribution in [-0.2, 0) is 13.2 Å². The summed E-state index contributed by atoms with van der Waals surface area (Å²) >= 11 is 9.60. The molecular formula is C24H18BrClFNO. The minimum absolute atomic E-state index is 0.0646. The van der Waals surface area contributed by atoms with Crippen LogP contribution in [0.5, 0.6) is 5.75 Å². The van der Waals surface area contributed by atoms with E-state index in [4.69, 9.17) is 16.3 Å². The van der Waals surface area contributed by atoms with Crippen molar-refractivity contribution in [2.45, 2.75) is 13.2 Å². The highest BCUT2D eigenvalue weighted by Gasteiger charge is 2.12. The van der Waals surface area contributed by atoms with Crippen LogP contribution in [0.15, 0.2) is 83.3 Å². The van der Waals surface area contributed by atoms with Gasteiger partial charge in [-0.05, 0) is 53.2 Å². The second-order valence-corrected chi connectivity index (χ2v) is 7.94. The Kier molecular flexibility index (Phi) is 6.02. The van der Waals surface area contributed by atoms with Gasteiger partial charge in [0.1, 0.15) is 18.2 Å². The van der Waals surface area contributed by atoms with E-state index in [0.717, 1.165) is 26.5 Å². The molecule has 0 unspecified atom stereocenters. The van der Waals surface area contributed by atoms with Crippen molar-refractivity contribution >= 4 is 44.0 Å². The fourth-order valence-electron chi connectivity index (χ4n) is 3.21. The van der Waals surface area contributed by atoms with Crippen LogP contribution < -0.4 is 10.1 Å². The van der Waals surface area contributed by atoms with E-state index in [2.05, 4.69) is 33.4 Å². The quantitative estimate of drug-likeness (QED) is 0.313. The maximum absolute atomic E-state index is 14.1. The normalized spacial score (nSPS) is 10.9. The number of rotatable bonds is 6. The number of fused-ring (bicyclic) bond motifs is 1. The fourth-order valence-corrected chi connectivity index (χ4v) is 3.69. The Morgan fingerprint density at radius 1 is 0.862 bits per heavy atom. The van der Waals surface area contributed by atoms with E-state index >= 15 is 0 Å². The molecule has 4 rings (SSSR count). The molecule has 5 heteroatoms. The predicted octanol–water partition coefficient (Wildman–Crippen LogP) is 7.59. The van der Waals surface area contributed by atoms with Crippen LogP contribution in [-0.4, -0.2) is 0 Å². The fraction of sp³-hybridized carbons (Fsp3) is 0.0833. The SMILES string of the molecule is Fc1cccc(Cl)c1COc1ccc2ccccc2c1CNc1ccc(Br)cc1. The zero-order valence-corrected chi connectivity index (χ0v) is 17.8. The molecule has 0 aliphatic rings. The van der Waals surface area contributed by atoms with Crippen molar-refractivity contribution in [3.05, 3.63) is 105 Å². The molecule has 2 nitrogen and oxygen atoms in total. The number of hydrogen-bond acceptors (Lipinski definition) is 2. The zero-order chi connectivity index (χ0) is 20.2. The van der Waals surface area contributed by atoms with E-state index < -0.39 is 0 Å². The molecule has 0 aromatic heterocycles. The molecule has 0 radical (unpaired) electrons. The summed E-state index contributed by atoms with van der Waals surface area (Å²) in [6.45, 7) is 0.637. The van der Waals surface area contributed by atoms with E-state index in [1.54, 1.807) is 12.1 Å². The molecule has 4 aromatic rings. The van der Waals surface area contributed by atoms with Crippen molar-refractivity contribution in [1.29, 1.82) is 0 Å². The van der Waals surface area contributed by atoms with Crippen molar-refractivity contribution in [3.63, 3.8) is 0 Å². The number of halogens is 3. The minimum Gasteiger partial charge on any atom is -0.488 e. The first-order valence-corrected chi connectivity index (χ1v) is 10.3. The first-order valence-electron chi connectivity index (χ1n) is 9.17. The van der Waals surface area contributed by atoms with E-state index in [-0.39, 0.29) is 12.4 Å². The lowest BCUT2D eigenvalue weighted by Crippen LogP contribution is -2.06. The third-order valence-corrected chi connectivity index (χ3v) is 5.63. The Hall–Kier alpha value is -2.56. The van der Waals surface area contributed by atoms with Crippen molar-refractivity contribution in [2.24, 2.45) is 0 Å². The van der Waals surface area contributed by atoms with Gasteiger partial charge >= 0.3 is 0 Å². The maximum atomic E-state index is 14.1. The Labute approximate surface area is 182 Å². The van der Waals surface area contributed by atoms with Gasteiger partial charge in [0.2, 0.25) is 0 Å². The van der Waals surface area contributed by atoms with Crippen LogP contribution in [0, 0.1) is 5.82 Å². The summed E-state index contributed by atoms with van der Waals surface area (Å²) in [4.78, 5) is 0. The van der Waals surface area contributed by atoms with Gasteiger partial charge in [0.25, 0.3) is 0 Å². The second kappa shape index (κ2) is 8.85. The highest BCUT2D eigenvalue weighted by atomic mass is 79.9. The Bertz CT molecular complexity index is 1130. The summed E-state index contributed by atoms with van der Waals surface area (Å²) in [5.41, 5.74) is 2.37. The maximum Gasteiger partial charge on any atom is 0.131 e. The monoisotopic (exact) mass is 469 g/mol. The van der Waals surface area contributed by atoms with E-state index in [0.29, 0.717) is 22.9 Å². The average molecular weight is 471 g/mol. The number of benzene rings is 4. The van der Waals surface area contributed by atoms with Gasteiger partial charge in [-0.2, -0.15) is 0 Å². The molecule has 0 fully saturated rings. The van der Waals surface area contributed by atoms with Gasteiger partial charge in [0.15, 0.2) is 0 Å². The van der Waals surface area contributed by atoms with Crippen LogP contribution >= 0.6 is 27.5 Å². The molecule has 0 saturated carbocycles. The zero-order valence-electron chi connectivity index (χ0n) is 15.5. The molecule has 0 atom stereocenters. The summed E-state index contributed by atoms with van der Waals surface area (Å²) in [6, 6.07) is 24.7. The van der Waals surface area contributed by atoms with Gasteiger partial charge in [0.05, 0.1) is 5.02 Å². The number of anilines is 1. The molecule has 146 valence electrons. The molecule has 0 aliphatic carbocycles. The Morgan fingerprint density at radius 3 is 2.45 bits per heavy atom. The first kappa shape index (κ1) is 19.7. The van der Waals surface area contributed by atoms with Crippen LogP contribution in [0.25, 0.3) is 10.8 Å². The molecule has 0 bridgehead atoms. The molecule has 0 spiro atoms. The lowest BCUT2D eigenvalue weighted by molar-refractivity contribution is 0.297. The van der Waals surface area contributed by atoms with E-state index in [1.165, 1.54) is 6.07 Å². The number of hydrogen-bond donors (Lipinski definition) is 1. The Balaban J connectivity index is 1.64. The highest BCUT2D eigenvalue weighted by Crippen LogP contribution is 2.31. The smallest absolute Gasteiger partial charge is 0.131 e. The summed E-state index contributed by atoms with van der Waals surface area (Å²) in [6.07, 6.45) is 0. The lowest BCUT2D eigenvalue weighted by atomic mass is 10.0. The lowest BCUT2D eigenvalue weighted by Gasteiger charge is -2.16. The summed E-state index contributed by atoms with van der Waals surface area (Å²) in [7, 11) is 0. The van der Waals surface area contributed by atoms with Gasteiger partial charge in [-0.3, -0.25) is 0 Å². The van der Waals surface area contributed by atoms with E-state index in [9.17, 15) is 4.39 Å². The first-order chi connectivity index (χ1) is 14.1. The highest BCUT2D eigenvalue weighted by molar-refractivity contribution is 9.10. The second-order valence-electron chi connectivity index (χ2n) is 6.61. The number of ether oxygens (including phenoxy) is 1. The molecule has 29 heavy (non-hydrogen) atoms. The summed E-state index contributed by atoms with van der Waals surface area (Å²) in [5, 5.41) is 6.02. The van der Waals surface area contributed by atoms with Crippen LogP contribution in [0.1, 0.15) is 11.1 Å². The van der Waals surface area contributed by atoms with Crippen LogP contribution in [0.2, 0.25) is 5.02 Å². The molecular weight excluding hydrogens is 453 g/mol. The molecule has 0 saturated heterocycles. The predicted molar refractivity (Wildman–Crippen MR) is 121 cm³/mol. The van der Waals surface area contributed by atoms with Crippen molar-refractivity contribution in [1.82, 2.24) is 0 Å².